The van der Waals surface area contributed by atoms with Gasteiger partial charge in [0.15, 0.2) is 49.2 Å². The fraction of sp³-hybridized carbons (Fsp3) is 0.579. The molecule has 2 aromatic carbocycles. The van der Waals surface area contributed by atoms with Crippen molar-refractivity contribution in [3.05, 3.63) is 105 Å². The van der Waals surface area contributed by atoms with Crippen molar-refractivity contribution in [3.63, 3.8) is 0 Å². The third kappa shape index (κ3) is 11.2. The van der Waals surface area contributed by atoms with Crippen LogP contribution in [0.2, 0.25) is 18.1 Å². The van der Waals surface area contributed by atoms with Crippen LogP contribution in [0.5, 0.6) is 0 Å². The highest BCUT2D eigenvalue weighted by atomic mass is 32.2. The monoisotopic (exact) mass is 1220 g/mol. The number of amides is 2. The van der Waals surface area contributed by atoms with E-state index in [9.17, 15) is 40.8 Å². The van der Waals surface area contributed by atoms with Crippen LogP contribution < -0.4 is 21.8 Å². The summed E-state index contributed by atoms with van der Waals surface area (Å²) in [5.74, 6) is -1.62. The number of nitrogens with zero attached hydrogens (tertiary/aromatic N) is 6. The van der Waals surface area contributed by atoms with Crippen molar-refractivity contribution in [1.29, 1.82) is 0 Å². The number of anilines is 2. The Morgan fingerprint density at radius 3 is 1.60 bits per heavy atom. The molecule has 85 heavy (non-hydrogen) atoms. The Morgan fingerprint density at radius 1 is 0.718 bits per heavy atom. The molecule has 3 saturated heterocycles. The number of imidazole rings is 2. The smallest absolute Gasteiger partial charge is 0.408 e. The van der Waals surface area contributed by atoms with Crippen LogP contribution in [0.1, 0.15) is 124 Å². The van der Waals surface area contributed by atoms with E-state index in [0.717, 1.165) is 35.7 Å². The lowest BCUT2D eigenvalue weighted by Gasteiger charge is -2.47. The highest BCUT2D eigenvalue weighted by Crippen LogP contribution is 2.67. The summed E-state index contributed by atoms with van der Waals surface area (Å²) in [5, 5.41) is 4.89. The molecule has 6 aromatic rings. The minimum atomic E-state index is -6.23. The van der Waals surface area contributed by atoms with Gasteiger partial charge in [-0.1, -0.05) is 123 Å². The maximum absolute atomic E-state index is 14.0. The zero-order valence-corrected chi connectivity index (χ0v) is 51.1. The predicted molar refractivity (Wildman–Crippen MR) is 306 cm³/mol. The van der Waals surface area contributed by atoms with Crippen LogP contribution in [-0.4, -0.2) is 120 Å². The Labute approximate surface area is 489 Å². The molecule has 0 radical (unpaired) electrons. The van der Waals surface area contributed by atoms with Crippen LogP contribution in [0.3, 0.4) is 0 Å². The number of carbonyl (C=O) groups is 2. The van der Waals surface area contributed by atoms with Gasteiger partial charge in [-0.2, -0.15) is 31.6 Å². The first-order valence-electron chi connectivity index (χ1n) is 28.5. The van der Waals surface area contributed by atoms with Crippen molar-refractivity contribution in [2.45, 2.75) is 197 Å². The number of carbonyl (C=O) groups excluding carboxylic acids is 2. The van der Waals surface area contributed by atoms with E-state index in [-0.39, 0.29) is 76.3 Å². The molecule has 460 valence electrons. The van der Waals surface area contributed by atoms with Gasteiger partial charge in [0.2, 0.25) is 23.7 Å². The number of halogens is 3. The number of H-pyrrole nitrogens is 2. The standard InChI is InChI=1S/C32H44F3N5O8SSi.C25H29N5O5/c1-9-31(30(15-16-30)48-50(7,8)29(4,5)6)23(45-17-20-13-11-10-12-14-20)22(47-49(43,44)32(33,34)35)27(46-31)40-18-36-21-24(40)37-28(39-26(21)42)38-25(41)19(2)3;1-4-25-18(33-12-15-8-6-5-7-9-15)17(34-24(25)10-11-24)22(35-25)30-13-26-16-19(30)27-23(29-21(16)32)28-20(31)14(2)3/h10-14,18-19,22-23,27H,9,15-17H2,1-8H3,(H2,37,38,39,41,42);5-9,13-14,17-18,22H,4,10-12H2,1-3H3,(H2,27,28,29,31,32)/t22?,23?,27-,31-;17-,18?,22+,25+/m10/s1. The van der Waals surface area contributed by atoms with Crippen molar-refractivity contribution in [2.24, 2.45) is 11.8 Å². The maximum atomic E-state index is 14.0. The van der Waals surface area contributed by atoms with E-state index in [2.05, 4.69) is 47.5 Å². The zero-order valence-electron chi connectivity index (χ0n) is 49.2. The number of ether oxygens (including phenoxy) is 5. The number of aromatic nitrogens is 8. The van der Waals surface area contributed by atoms with Gasteiger partial charge in [0, 0.05) is 11.8 Å². The normalized spacial score (nSPS) is 25.9. The van der Waals surface area contributed by atoms with Gasteiger partial charge in [0.25, 0.3) is 11.1 Å². The van der Waals surface area contributed by atoms with Crippen LogP contribution in [0.15, 0.2) is 82.9 Å². The molecule has 4 N–H and O–H groups in total. The van der Waals surface area contributed by atoms with Gasteiger partial charge in [-0.3, -0.25) is 53.1 Å². The second kappa shape index (κ2) is 22.5. The number of rotatable bonds is 19. The van der Waals surface area contributed by atoms with Gasteiger partial charge in [-0.05, 0) is 67.8 Å². The molecule has 2 bridgehead atoms. The molecular formula is C57H73F3N10O13SSi. The molecule has 5 aliphatic rings. The van der Waals surface area contributed by atoms with Gasteiger partial charge in [-0.25, -0.2) is 9.97 Å². The fourth-order valence-corrected chi connectivity index (χ4v) is 13.8. The average molecular weight is 1220 g/mol. The Morgan fingerprint density at radius 2 is 1.18 bits per heavy atom. The maximum Gasteiger partial charge on any atom is 0.523 e. The lowest BCUT2D eigenvalue weighted by molar-refractivity contribution is -0.224. The highest BCUT2D eigenvalue weighted by molar-refractivity contribution is 7.87. The molecule has 2 saturated carbocycles. The van der Waals surface area contributed by atoms with E-state index >= 15 is 0 Å². The summed E-state index contributed by atoms with van der Waals surface area (Å²) in [4.78, 5) is 72.7. The van der Waals surface area contributed by atoms with E-state index in [0.29, 0.717) is 30.7 Å². The Balaban J connectivity index is 0.000000200. The topological polar surface area (TPSA) is 284 Å². The first-order valence-corrected chi connectivity index (χ1v) is 32.9. The molecule has 5 fully saturated rings. The summed E-state index contributed by atoms with van der Waals surface area (Å²) in [6.45, 7) is 21.2. The van der Waals surface area contributed by atoms with E-state index in [1.165, 1.54) is 0 Å². The number of hydrogen-bond acceptors (Lipinski definition) is 17. The molecule has 23 nitrogen and oxygen atoms in total. The third-order valence-corrected chi connectivity index (χ3v) is 22.9. The van der Waals surface area contributed by atoms with Crippen molar-refractivity contribution < 1.29 is 63.5 Å². The number of hydrogen-bond donors (Lipinski definition) is 4. The van der Waals surface area contributed by atoms with Crippen molar-refractivity contribution in [2.75, 3.05) is 10.6 Å². The minimum absolute atomic E-state index is 0.0766. The molecule has 1 spiro atoms. The van der Waals surface area contributed by atoms with Gasteiger partial charge in [-0.15, -0.1) is 0 Å². The van der Waals surface area contributed by atoms with Gasteiger partial charge in [0.05, 0.1) is 31.5 Å². The summed E-state index contributed by atoms with van der Waals surface area (Å²) < 4.78 is 116. The van der Waals surface area contributed by atoms with Crippen LogP contribution in [0, 0.1) is 11.8 Å². The summed E-state index contributed by atoms with van der Waals surface area (Å²) in [7, 11) is -8.82. The van der Waals surface area contributed by atoms with Crippen molar-refractivity contribution in [3.8, 4) is 0 Å². The summed E-state index contributed by atoms with van der Waals surface area (Å²) in [6, 6.07) is 18.9. The van der Waals surface area contributed by atoms with E-state index in [1.807, 2.05) is 64.2 Å². The Kier molecular flexibility index (Phi) is 16.4. The summed E-state index contributed by atoms with van der Waals surface area (Å²) >= 11 is 0. The van der Waals surface area contributed by atoms with Crippen LogP contribution in [0.4, 0.5) is 25.1 Å². The third-order valence-electron chi connectivity index (χ3n) is 17.4. The van der Waals surface area contributed by atoms with E-state index in [4.69, 9.17) is 32.3 Å². The number of nitrogens with one attached hydrogen (secondary N) is 4. The second-order valence-corrected chi connectivity index (χ2v) is 30.9. The molecule has 2 amide bonds. The predicted octanol–water partition coefficient (Wildman–Crippen LogP) is 8.67. The highest BCUT2D eigenvalue weighted by Gasteiger charge is 2.78. The van der Waals surface area contributed by atoms with Crippen LogP contribution >= 0.6 is 0 Å². The molecule has 8 atom stereocenters. The number of fused-ring (bicyclic) bond motifs is 5. The van der Waals surface area contributed by atoms with Gasteiger partial charge >= 0.3 is 15.6 Å². The second-order valence-electron chi connectivity index (χ2n) is 24.6. The van der Waals surface area contributed by atoms with Gasteiger partial charge < -0.3 is 28.1 Å². The zero-order chi connectivity index (χ0) is 61.5. The molecule has 28 heteroatoms. The molecule has 4 aromatic heterocycles. The average Bonchev–Trinajstić information content (AvgIpc) is 1.52. The summed E-state index contributed by atoms with van der Waals surface area (Å²) in [5.41, 5.74) is -8.70. The molecule has 2 aliphatic carbocycles. The number of alkyl halides is 3. The van der Waals surface area contributed by atoms with Crippen LogP contribution in [-0.2, 0) is 65.2 Å². The van der Waals surface area contributed by atoms with Crippen molar-refractivity contribution in [1.82, 2.24) is 39.0 Å². The Bertz CT molecular complexity index is 3700. The lowest BCUT2D eigenvalue weighted by Crippen LogP contribution is -2.60. The molecule has 11 rings (SSSR count). The van der Waals surface area contributed by atoms with Crippen molar-refractivity contribution >= 4 is 64.5 Å². The lowest BCUT2D eigenvalue weighted by atomic mass is 9.84. The largest absolute Gasteiger partial charge is 0.523 e. The summed E-state index contributed by atoms with van der Waals surface area (Å²) in [6.07, 6.45) is 0.00503. The molecule has 3 aliphatic heterocycles. The minimum Gasteiger partial charge on any atom is -0.408 e. The molecule has 3 unspecified atom stereocenters. The fourth-order valence-electron chi connectivity index (χ4n) is 11.6. The van der Waals surface area contributed by atoms with Crippen LogP contribution in [0.25, 0.3) is 22.3 Å². The molecule has 7 heterocycles. The quantitative estimate of drug-likeness (QED) is 0.0335. The first kappa shape index (κ1) is 61.8. The number of aromatic amines is 2. The first-order chi connectivity index (χ1) is 40.0. The molecular weight excluding hydrogens is 1150 g/mol. The Hall–Kier alpha value is -6.24. The van der Waals surface area contributed by atoms with Gasteiger partial charge in [0.1, 0.15) is 35.1 Å². The number of benzene rings is 2. The van der Waals surface area contributed by atoms with E-state index in [1.54, 1.807) is 75.8 Å². The SMILES string of the molecule is CC[C@@]1(C2(O[Si](C)(C)C(C)(C)C)CC2)O[C@@H](n2cnc3c(=O)[nH]c(NC(=O)C(C)C)nc32)C(OS(=O)(=O)C(F)(F)F)C1OCc1ccccc1.CC[C@]12O[C@@H](n3cnc4c(=O)[nH]c(NC(=O)C(C)C)nc43)[C@@H](OC13CC3)C2OCc1ccccc1. The van der Waals surface area contributed by atoms with E-state index < -0.39 is 88.4 Å².